The number of hydrogen-bond donors (Lipinski definition) is 1. The molecule has 1 N–H and O–H groups in total. The number of pyridine rings is 1. The minimum Gasteiger partial charge on any atom is -0.366 e. The standard InChI is InChI=1S/C9H9BrCl2N2/c10-8-3-6(12)4-13-9(8)14-7-1-5(11)2-7/h3-5,7H,1-2H2,(H,13,14). The van der Waals surface area contributed by atoms with Gasteiger partial charge in [-0.05, 0) is 34.8 Å². The van der Waals surface area contributed by atoms with E-state index in [1.807, 2.05) is 6.07 Å². The Kier molecular flexibility index (Phi) is 3.20. The van der Waals surface area contributed by atoms with E-state index in [0.717, 1.165) is 23.1 Å². The van der Waals surface area contributed by atoms with Gasteiger partial charge < -0.3 is 5.32 Å². The lowest BCUT2D eigenvalue weighted by atomic mass is 9.92. The third-order valence-corrected chi connectivity index (χ3v) is 3.40. The molecule has 0 radical (unpaired) electrons. The van der Waals surface area contributed by atoms with E-state index in [1.54, 1.807) is 6.20 Å². The third kappa shape index (κ3) is 2.33. The summed E-state index contributed by atoms with van der Waals surface area (Å²) in [5.41, 5.74) is 0. The Morgan fingerprint density at radius 2 is 2.21 bits per heavy atom. The Balaban J connectivity index is 2.02. The summed E-state index contributed by atoms with van der Waals surface area (Å²) >= 11 is 15.1. The molecule has 1 fully saturated rings. The summed E-state index contributed by atoms with van der Waals surface area (Å²) in [5.74, 6) is 0.836. The van der Waals surface area contributed by atoms with Crippen LogP contribution in [-0.4, -0.2) is 16.4 Å². The zero-order valence-electron chi connectivity index (χ0n) is 7.30. The molecular formula is C9H9BrCl2N2. The topological polar surface area (TPSA) is 24.9 Å². The van der Waals surface area contributed by atoms with Crippen molar-refractivity contribution in [3.8, 4) is 0 Å². The molecule has 76 valence electrons. The largest absolute Gasteiger partial charge is 0.366 e. The quantitative estimate of drug-likeness (QED) is 0.842. The van der Waals surface area contributed by atoms with Gasteiger partial charge in [0.1, 0.15) is 5.82 Å². The number of nitrogens with one attached hydrogen (secondary N) is 1. The van der Waals surface area contributed by atoms with Crippen LogP contribution in [0.25, 0.3) is 0 Å². The van der Waals surface area contributed by atoms with E-state index in [0.29, 0.717) is 16.4 Å². The number of aromatic nitrogens is 1. The molecule has 2 rings (SSSR count). The van der Waals surface area contributed by atoms with Crippen LogP contribution in [0.5, 0.6) is 0 Å². The highest BCUT2D eigenvalue weighted by Gasteiger charge is 2.27. The van der Waals surface area contributed by atoms with E-state index >= 15 is 0 Å². The molecule has 0 amide bonds. The first kappa shape index (κ1) is 10.5. The van der Waals surface area contributed by atoms with Crippen molar-refractivity contribution in [3.63, 3.8) is 0 Å². The second-order valence-corrected chi connectivity index (χ2v) is 5.30. The molecular weight excluding hydrogens is 287 g/mol. The summed E-state index contributed by atoms with van der Waals surface area (Å²) in [7, 11) is 0. The van der Waals surface area contributed by atoms with Gasteiger partial charge in [-0.1, -0.05) is 11.6 Å². The molecule has 1 aromatic heterocycles. The highest BCUT2D eigenvalue weighted by atomic mass is 79.9. The zero-order chi connectivity index (χ0) is 10.1. The summed E-state index contributed by atoms with van der Waals surface area (Å²) in [6, 6.07) is 2.27. The molecule has 0 aliphatic heterocycles. The van der Waals surface area contributed by atoms with Gasteiger partial charge in [0.15, 0.2) is 0 Å². The summed E-state index contributed by atoms with van der Waals surface area (Å²) in [5, 5.41) is 4.25. The van der Waals surface area contributed by atoms with Crippen LogP contribution in [0.15, 0.2) is 16.7 Å². The van der Waals surface area contributed by atoms with E-state index in [2.05, 4.69) is 26.2 Å². The SMILES string of the molecule is Clc1cnc(NC2CC(Cl)C2)c(Br)c1. The predicted molar refractivity (Wildman–Crippen MR) is 63.2 cm³/mol. The summed E-state index contributed by atoms with van der Waals surface area (Å²) in [4.78, 5) is 4.19. The summed E-state index contributed by atoms with van der Waals surface area (Å²) in [6.45, 7) is 0. The number of alkyl halides is 1. The lowest BCUT2D eigenvalue weighted by molar-refractivity contribution is 0.453. The van der Waals surface area contributed by atoms with E-state index in [1.165, 1.54) is 0 Å². The van der Waals surface area contributed by atoms with Crippen molar-refractivity contribution in [2.24, 2.45) is 0 Å². The van der Waals surface area contributed by atoms with Crippen LogP contribution in [0.4, 0.5) is 5.82 Å². The summed E-state index contributed by atoms with van der Waals surface area (Å²) in [6.07, 6.45) is 3.63. The molecule has 0 atom stereocenters. The van der Waals surface area contributed by atoms with Gasteiger partial charge >= 0.3 is 0 Å². The van der Waals surface area contributed by atoms with Crippen LogP contribution in [0.3, 0.4) is 0 Å². The Morgan fingerprint density at radius 3 is 2.79 bits per heavy atom. The minimum atomic E-state index is 0.318. The second-order valence-electron chi connectivity index (χ2n) is 3.39. The van der Waals surface area contributed by atoms with Gasteiger partial charge in [0, 0.05) is 17.6 Å². The number of halogens is 3. The number of hydrogen-bond acceptors (Lipinski definition) is 2. The maximum absolute atomic E-state index is 5.88. The van der Waals surface area contributed by atoms with Crippen molar-refractivity contribution < 1.29 is 0 Å². The van der Waals surface area contributed by atoms with Crippen molar-refractivity contribution in [2.75, 3.05) is 5.32 Å². The van der Waals surface area contributed by atoms with Crippen LogP contribution in [0.2, 0.25) is 5.02 Å². The van der Waals surface area contributed by atoms with Gasteiger partial charge in [-0.2, -0.15) is 0 Å². The van der Waals surface area contributed by atoms with Gasteiger partial charge in [0.2, 0.25) is 0 Å². The zero-order valence-corrected chi connectivity index (χ0v) is 10.4. The molecule has 0 unspecified atom stereocenters. The number of rotatable bonds is 2. The fourth-order valence-electron chi connectivity index (χ4n) is 1.38. The molecule has 1 aliphatic carbocycles. The first-order chi connectivity index (χ1) is 6.65. The smallest absolute Gasteiger partial charge is 0.140 e. The first-order valence-corrected chi connectivity index (χ1v) is 5.97. The number of anilines is 1. The predicted octanol–water partition coefficient (Wildman–Crippen LogP) is 3.68. The van der Waals surface area contributed by atoms with Crippen LogP contribution >= 0.6 is 39.1 Å². The van der Waals surface area contributed by atoms with E-state index in [9.17, 15) is 0 Å². The lowest BCUT2D eigenvalue weighted by Crippen LogP contribution is -2.36. The van der Waals surface area contributed by atoms with Crippen molar-refractivity contribution in [1.82, 2.24) is 4.98 Å². The molecule has 5 heteroatoms. The lowest BCUT2D eigenvalue weighted by Gasteiger charge is -2.32. The molecule has 2 nitrogen and oxygen atoms in total. The molecule has 0 saturated heterocycles. The van der Waals surface area contributed by atoms with E-state index in [-0.39, 0.29) is 0 Å². The molecule has 1 aromatic rings. The van der Waals surface area contributed by atoms with Crippen molar-refractivity contribution in [3.05, 3.63) is 21.8 Å². The Morgan fingerprint density at radius 1 is 1.50 bits per heavy atom. The van der Waals surface area contributed by atoms with Gasteiger partial charge in [0.25, 0.3) is 0 Å². The van der Waals surface area contributed by atoms with E-state index in [4.69, 9.17) is 23.2 Å². The fourth-order valence-corrected chi connectivity index (χ4v) is 2.56. The van der Waals surface area contributed by atoms with Crippen LogP contribution in [-0.2, 0) is 0 Å². The molecule has 0 aromatic carbocycles. The summed E-state index contributed by atoms with van der Waals surface area (Å²) < 4.78 is 0.892. The number of nitrogens with zero attached hydrogens (tertiary/aromatic N) is 1. The highest BCUT2D eigenvalue weighted by Crippen LogP contribution is 2.31. The fraction of sp³-hybridized carbons (Fsp3) is 0.444. The monoisotopic (exact) mass is 294 g/mol. The molecule has 0 bridgehead atoms. The average molecular weight is 296 g/mol. The van der Waals surface area contributed by atoms with Gasteiger partial charge in [0.05, 0.1) is 9.50 Å². The molecule has 1 aliphatic rings. The molecule has 14 heavy (non-hydrogen) atoms. The van der Waals surface area contributed by atoms with Gasteiger partial charge in [-0.3, -0.25) is 0 Å². The normalized spacial score (nSPS) is 25.6. The molecule has 1 saturated carbocycles. The van der Waals surface area contributed by atoms with E-state index < -0.39 is 0 Å². The Bertz CT molecular complexity index is 340. The van der Waals surface area contributed by atoms with Gasteiger partial charge in [-0.25, -0.2) is 4.98 Å². The Hall–Kier alpha value is 0.01000. The van der Waals surface area contributed by atoms with Crippen molar-refractivity contribution >= 4 is 44.9 Å². The van der Waals surface area contributed by atoms with Crippen molar-refractivity contribution in [2.45, 2.75) is 24.3 Å². The average Bonchev–Trinajstić information content (AvgIpc) is 2.06. The van der Waals surface area contributed by atoms with Crippen molar-refractivity contribution in [1.29, 1.82) is 0 Å². The molecule has 0 spiro atoms. The highest BCUT2D eigenvalue weighted by molar-refractivity contribution is 9.10. The second kappa shape index (κ2) is 4.25. The van der Waals surface area contributed by atoms with Crippen LogP contribution in [0, 0.1) is 0 Å². The first-order valence-electron chi connectivity index (χ1n) is 4.37. The maximum atomic E-state index is 5.88. The minimum absolute atomic E-state index is 0.318. The third-order valence-electron chi connectivity index (χ3n) is 2.23. The maximum Gasteiger partial charge on any atom is 0.140 e. The van der Waals surface area contributed by atoms with Gasteiger partial charge in [-0.15, -0.1) is 11.6 Å². The van der Waals surface area contributed by atoms with Crippen LogP contribution < -0.4 is 5.32 Å². The van der Waals surface area contributed by atoms with Crippen LogP contribution in [0.1, 0.15) is 12.8 Å². The molecule has 1 heterocycles. The Labute approximate surface area is 101 Å².